The summed E-state index contributed by atoms with van der Waals surface area (Å²) in [6.45, 7) is 0. The van der Waals surface area contributed by atoms with E-state index in [0.717, 1.165) is 0 Å². The van der Waals surface area contributed by atoms with Gasteiger partial charge in [-0.2, -0.15) is 0 Å². The third-order valence-corrected chi connectivity index (χ3v) is 0. The molecule has 52 valence electrons. The van der Waals surface area contributed by atoms with E-state index in [1.54, 1.807) is 0 Å². The second-order valence-corrected chi connectivity index (χ2v) is 3.17. The van der Waals surface area contributed by atoms with Gasteiger partial charge >= 0.3 is 81.9 Å². The van der Waals surface area contributed by atoms with Gasteiger partial charge in [-0.15, -0.1) is 0 Å². The van der Waals surface area contributed by atoms with Crippen molar-refractivity contribution in [2.24, 2.45) is 0 Å². The van der Waals surface area contributed by atoms with Crippen molar-refractivity contribution in [1.29, 1.82) is 0 Å². The van der Waals surface area contributed by atoms with Gasteiger partial charge < -0.3 is 12.4 Å². The monoisotopic (exact) mass is 334 g/mol. The summed E-state index contributed by atoms with van der Waals surface area (Å²) in [5, 5.41) is 0. The van der Waals surface area contributed by atoms with Crippen molar-refractivity contribution in [3.63, 3.8) is 0 Å². The summed E-state index contributed by atoms with van der Waals surface area (Å²) in [5.74, 6) is 0. The second-order valence-electron chi connectivity index (χ2n) is 0.388. The molecule has 0 aliphatic carbocycles. The summed E-state index contributed by atoms with van der Waals surface area (Å²) < 4.78 is 32.0. The van der Waals surface area contributed by atoms with Crippen molar-refractivity contribution in [2.45, 2.75) is 0 Å². The van der Waals surface area contributed by atoms with E-state index in [4.69, 9.17) is 14.9 Å². The Balaban J connectivity index is -0.0000000133. The van der Waals surface area contributed by atoms with Gasteiger partial charge in [0.25, 0.3) is 0 Å². The Morgan fingerprint density at radius 1 is 1.12 bits per heavy atom. The average molecular weight is 332 g/mol. The Bertz CT molecular complexity index is 96.2. The summed E-state index contributed by atoms with van der Waals surface area (Å²) in [7, 11) is 0. The average Bonchev–Trinajstić information content (AvgIpc) is 0.722. The predicted molar refractivity (Wildman–Crippen MR) is 14.2 cm³/mol. The van der Waals surface area contributed by atoms with Crippen LogP contribution in [0.5, 0.6) is 0 Å². The van der Waals surface area contributed by atoms with Gasteiger partial charge in [-0.1, -0.05) is 0 Å². The second kappa shape index (κ2) is 8.71. The molecule has 0 saturated carbocycles. The Hall–Kier alpha value is 1.71. The zero-order chi connectivity index (χ0) is 4.50. The molecule has 0 spiro atoms. The number of hydrogen-bond donors (Lipinski definition) is 2. The Labute approximate surface area is 92.7 Å². The molecule has 0 heterocycles. The zero-order valence-corrected chi connectivity index (χ0v) is 9.73. The fourth-order valence-electron chi connectivity index (χ4n) is 0. The molecule has 0 atom stereocenters. The van der Waals surface area contributed by atoms with Crippen LogP contribution in [0, 0.1) is 0 Å². The zero-order valence-electron chi connectivity index (χ0n) is 5.06. The molecular formula is H7KO6Os. The van der Waals surface area contributed by atoms with Gasteiger partial charge in [-0.25, -0.2) is 0 Å². The van der Waals surface area contributed by atoms with E-state index in [-0.39, 0.29) is 63.8 Å². The molecule has 0 aliphatic heterocycles. The van der Waals surface area contributed by atoms with Crippen molar-refractivity contribution in [2.75, 3.05) is 0 Å². The first-order valence-corrected chi connectivity index (χ1v) is 4.95. The first-order valence-electron chi connectivity index (χ1n) is 0.605. The molecule has 6 nitrogen and oxygen atoms in total. The van der Waals surface area contributed by atoms with Gasteiger partial charge in [-0.3, -0.25) is 0 Å². The third-order valence-electron chi connectivity index (χ3n) is 0. The van der Waals surface area contributed by atoms with E-state index in [0.29, 0.717) is 0 Å². The van der Waals surface area contributed by atoms with E-state index in [9.17, 15) is 0 Å². The fourth-order valence-corrected chi connectivity index (χ4v) is 0. The summed E-state index contributed by atoms with van der Waals surface area (Å²) in [5.41, 5.74) is 0. The van der Waals surface area contributed by atoms with Crippen molar-refractivity contribution in [3.05, 3.63) is 0 Å². The molecule has 0 aromatic carbocycles. The minimum absolute atomic E-state index is 0. The van der Waals surface area contributed by atoms with Crippen LogP contribution >= 0.6 is 0 Å². The van der Waals surface area contributed by atoms with Gasteiger partial charge in [-0.05, 0) is 0 Å². The van der Waals surface area contributed by atoms with Crippen molar-refractivity contribution < 1.29 is 94.3 Å². The van der Waals surface area contributed by atoms with Crippen LogP contribution < -0.4 is 51.4 Å². The maximum atomic E-state index is 8.85. The van der Waals surface area contributed by atoms with E-state index in [1.165, 1.54) is 0 Å². The van der Waals surface area contributed by atoms with Gasteiger partial charge in [0.2, 0.25) is 0 Å². The van der Waals surface area contributed by atoms with Crippen LogP contribution in [0.3, 0.4) is 0 Å². The Kier molecular flexibility index (Phi) is 24.6. The Morgan fingerprint density at radius 3 is 1.12 bits per heavy atom. The van der Waals surface area contributed by atoms with Crippen molar-refractivity contribution >= 4 is 0 Å². The molecule has 0 bridgehead atoms. The van der Waals surface area contributed by atoms with Gasteiger partial charge in [0.15, 0.2) is 0 Å². The molecule has 0 rings (SSSR count). The molecule has 0 aliphatic rings. The molecule has 8 heteroatoms. The quantitative estimate of drug-likeness (QED) is 0.427. The fraction of sp³-hybridized carbons (Fsp3) is 0. The van der Waals surface area contributed by atoms with E-state index >= 15 is 0 Å². The molecule has 6 N–H and O–H groups in total. The van der Waals surface area contributed by atoms with E-state index < -0.39 is 15.7 Å². The van der Waals surface area contributed by atoms with Crippen LogP contribution in [0.25, 0.3) is 0 Å². The molecule has 0 amide bonds. The van der Waals surface area contributed by atoms with E-state index in [1.807, 2.05) is 0 Å². The molecule has 0 aromatic rings. The molecule has 0 saturated heterocycles. The maximum absolute atomic E-state index is 8.85. The SMILES string of the molecule is O.O.[H-].[K+].[O]=[Os](=[O])([OH])[OH]. The molecule has 0 aromatic heterocycles. The van der Waals surface area contributed by atoms with Crippen LogP contribution in [-0.4, -0.2) is 18.8 Å². The first-order chi connectivity index (χ1) is 2.00. The van der Waals surface area contributed by atoms with Gasteiger partial charge in [0.1, 0.15) is 0 Å². The normalized spacial score (nSPS) is 9.25. The van der Waals surface area contributed by atoms with Crippen LogP contribution in [0.4, 0.5) is 0 Å². The van der Waals surface area contributed by atoms with Crippen LogP contribution in [0.1, 0.15) is 1.43 Å². The standard InChI is InChI=1S/K.4H2O.2O.Os.H/h;4*1H2;;;;/q+1;;;;;;;+2;-1/p-2. The topological polar surface area (TPSA) is 138 Å². The van der Waals surface area contributed by atoms with Crippen LogP contribution in [0.2, 0.25) is 0 Å². The molecule has 8 heavy (non-hydrogen) atoms. The predicted octanol–water partition coefficient (Wildman–Crippen LogP) is -5.89. The number of hydrogen-bond acceptors (Lipinski definition) is 2. The summed E-state index contributed by atoms with van der Waals surface area (Å²) >= 11 is -5.56. The summed E-state index contributed by atoms with van der Waals surface area (Å²) in [4.78, 5) is 0. The van der Waals surface area contributed by atoms with E-state index in [2.05, 4.69) is 0 Å². The summed E-state index contributed by atoms with van der Waals surface area (Å²) in [6.07, 6.45) is 0. The van der Waals surface area contributed by atoms with Crippen LogP contribution in [0.15, 0.2) is 0 Å². The Morgan fingerprint density at radius 2 is 1.12 bits per heavy atom. The third kappa shape index (κ3) is 118. The van der Waals surface area contributed by atoms with Gasteiger partial charge in [0.05, 0.1) is 0 Å². The van der Waals surface area contributed by atoms with Crippen molar-refractivity contribution in [3.8, 4) is 0 Å². The summed E-state index contributed by atoms with van der Waals surface area (Å²) in [6, 6.07) is 0. The van der Waals surface area contributed by atoms with Crippen LogP contribution in [-0.2, 0) is 22.7 Å². The molecular weight excluding hydrogens is 325 g/mol. The molecule has 0 fully saturated rings. The first kappa shape index (κ1) is 22.6. The number of rotatable bonds is 0. The molecule has 0 unspecified atom stereocenters. The minimum atomic E-state index is -5.56. The van der Waals surface area contributed by atoms with Gasteiger partial charge in [0, 0.05) is 0 Å². The molecule has 0 radical (unpaired) electrons. The van der Waals surface area contributed by atoms with Crippen molar-refractivity contribution in [1.82, 2.24) is 0 Å².